The van der Waals surface area contributed by atoms with E-state index in [1.165, 1.54) is 13.3 Å². The summed E-state index contributed by atoms with van der Waals surface area (Å²) < 4.78 is 5.39. The van der Waals surface area contributed by atoms with Crippen LogP contribution in [0.25, 0.3) is 0 Å². The lowest BCUT2D eigenvalue weighted by Gasteiger charge is -2.36. The lowest BCUT2D eigenvalue weighted by atomic mass is 9.93. The highest BCUT2D eigenvalue weighted by Crippen LogP contribution is 2.25. The van der Waals surface area contributed by atoms with Crippen molar-refractivity contribution in [3.63, 3.8) is 0 Å². The smallest absolute Gasteiger partial charge is 0.326 e. The van der Waals surface area contributed by atoms with E-state index < -0.39 is 5.60 Å². The largest absolute Gasteiger partial charge is 0.459 e. The molecule has 1 rings (SSSR count). The Hall–Kier alpha value is -1.04. The summed E-state index contributed by atoms with van der Waals surface area (Å²) in [5, 5.41) is 0.00556. The van der Waals surface area contributed by atoms with Gasteiger partial charge < -0.3 is 9.64 Å². The van der Waals surface area contributed by atoms with Crippen LogP contribution in [0.5, 0.6) is 0 Å². The molecular weight excluding hydrogens is 326 g/mol. The van der Waals surface area contributed by atoms with Gasteiger partial charge in [0.25, 0.3) is 0 Å². The fraction of sp³-hybridized carbons (Fsp3) is 0.833. The van der Waals surface area contributed by atoms with Crippen molar-refractivity contribution < 1.29 is 19.1 Å². The molecule has 1 unspecified atom stereocenters. The van der Waals surface area contributed by atoms with Crippen molar-refractivity contribution in [2.45, 2.75) is 78.4 Å². The fourth-order valence-corrected chi connectivity index (χ4v) is 3.52. The second-order valence-electron chi connectivity index (χ2n) is 7.55. The molecule has 1 aliphatic carbocycles. The average Bonchev–Trinajstić information content (AvgIpc) is 2.48. The Kier molecular flexibility index (Phi) is 8.27. The van der Waals surface area contributed by atoms with Gasteiger partial charge in [-0.3, -0.25) is 14.4 Å². The number of nitrogens with zero attached hydrogens (tertiary/aromatic N) is 1. The quantitative estimate of drug-likeness (QED) is 0.682. The maximum absolute atomic E-state index is 12.8. The number of carbonyl (C=O) groups is 3. The summed E-state index contributed by atoms with van der Waals surface area (Å²) in [5.74, 6) is -0.260. The second kappa shape index (κ2) is 9.44. The van der Waals surface area contributed by atoms with Crippen molar-refractivity contribution in [2.75, 3.05) is 12.3 Å². The van der Waals surface area contributed by atoms with Gasteiger partial charge in [-0.15, -0.1) is 0 Å². The van der Waals surface area contributed by atoms with Crippen LogP contribution in [0.2, 0.25) is 0 Å². The molecule has 0 aliphatic heterocycles. The highest BCUT2D eigenvalue weighted by atomic mass is 32.2. The van der Waals surface area contributed by atoms with Gasteiger partial charge >= 0.3 is 5.97 Å². The zero-order chi connectivity index (χ0) is 18.3. The minimum atomic E-state index is -0.561. The summed E-state index contributed by atoms with van der Waals surface area (Å²) in [7, 11) is 0. The van der Waals surface area contributed by atoms with Crippen LogP contribution < -0.4 is 0 Å². The molecule has 0 aromatic rings. The molecule has 0 aromatic heterocycles. The number of carbonyl (C=O) groups excluding carboxylic acids is 3. The third-order valence-electron chi connectivity index (χ3n) is 3.98. The number of amides is 1. The van der Waals surface area contributed by atoms with E-state index in [9.17, 15) is 14.4 Å². The molecule has 1 fully saturated rings. The van der Waals surface area contributed by atoms with Gasteiger partial charge in [0.05, 0.1) is 0 Å². The standard InChI is InChI=1S/C18H31NO4S/c1-13(12-24-14(2)20)17(22)19(15-9-7-6-8-10-15)11-16(21)23-18(3,4)5/h13,15H,6-12H2,1-5H3. The monoisotopic (exact) mass is 357 g/mol. The van der Waals surface area contributed by atoms with E-state index in [1.807, 2.05) is 27.7 Å². The van der Waals surface area contributed by atoms with Crippen LogP contribution in [-0.2, 0) is 19.1 Å². The molecule has 24 heavy (non-hydrogen) atoms. The van der Waals surface area contributed by atoms with Crippen molar-refractivity contribution in [1.29, 1.82) is 0 Å². The van der Waals surface area contributed by atoms with Gasteiger partial charge in [-0.1, -0.05) is 37.9 Å². The van der Waals surface area contributed by atoms with Gasteiger partial charge in [0.1, 0.15) is 12.1 Å². The summed E-state index contributed by atoms with van der Waals surface area (Å²) in [6.45, 7) is 8.79. The van der Waals surface area contributed by atoms with E-state index in [4.69, 9.17) is 4.74 Å². The van der Waals surface area contributed by atoms with Crippen molar-refractivity contribution in [1.82, 2.24) is 4.90 Å². The number of thioether (sulfide) groups is 1. The number of rotatable bonds is 6. The van der Waals surface area contributed by atoms with Gasteiger partial charge in [-0.2, -0.15) is 0 Å². The Labute approximate surface area is 149 Å². The van der Waals surface area contributed by atoms with Gasteiger partial charge in [0.15, 0.2) is 5.12 Å². The van der Waals surface area contributed by atoms with Crippen LogP contribution >= 0.6 is 11.8 Å². The van der Waals surface area contributed by atoms with E-state index >= 15 is 0 Å². The van der Waals surface area contributed by atoms with Crippen LogP contribution in [0.4, 0.5) is 0 Å². The minimum absolute atomic E-state index is 0.00412. The van der Waals surface area contributed by atoms with Gasteiger partial charge in [-0.25, -0.2) is 0 Å². The highest BCUT2D eigenvalue weighted by molar-refractivity contribution is 8.13. The molecule has 0 radical (unpaired) electrons. The minimum Gasteiger partial charge on any atom is -0.459 e. The third kappa shape index (κ3) is 7.69. The topological polar surface area (TPSA) is 63.7 Å². The normalized spacial score (nSPS) is 17.2. The lowest BCUT2D eigenvalue weighted by Crippen LogP contribution is -2.48. The number of ether oxygens (including phenoxy) is 1. The van der Waals surface area contributed by atoms with Crippen LogP contribution in [0.1, 0.15) is 66.7 Å². The predicted octanol–water partition coefficient (Wildman–Crippen LogP) is 3.41. The van der Waals surface area contributed by atoms with Crippen LogP contribution in [0.15, 0.2) is 0 Å². The Bertz CT molecular complexity index is 452. The number of hydrogen-bond donors (Lipinski definition) is 0. The summed E-state index contributed by atoms with van der Waals surface area (Å²) in [6, 6.07) is 0.101. The van der Waals surface area contributed by atoms with Gasteiger partial charge in [0, 0.05) is 24.6 Å². The average molecular weight is 358 g/mol. The van der Waals surface area contributed by atoms with Crippen molar-refractivity contribution >= 4 is 28.8 Å². The maximum atomic E-state index is 12.8. The van der Waals surface area contributed by atoms with Gasteiger partial charge in [0.2, 0.25) is 5.91 Å². The zero-order valence-corrected chi connectivity index (χ0v) is 16.4. The van der Waals surface area contributed by atoms with Crippen LogP contribution in [0.3, 0.4) is 0 Å². The molecule has 0 bridgehead atoms. The molecule has 0 aromatic carbocycles. The number of hydrogen-bond acceptors (Lipinski definition) is 5. The molecule has 6 heteroatoms. The predicted molar refractivity (Wildman–Crippen MR) is 96.7 cm³/mol. The molecule has 138 valence electrons. The van der Waals surface area contributed by atoms with Gasteiger partial charge in [-0.05, 0) is 33.6 Å². The Morgan fingerprint density at radius 3 is 2.25 bits per heavy atom. The van der Waals surface area contributed by atoms with Crippen LogP contribution in [-0.4, -0.2) is 45.8 Å². The molecule has 0 N–H and O–H groups in total. The Morgan fingerprint density at radius 1 is 1.17 bits per heavy atom. The van der Waals surface area contributed by atoms with Crippen LogP contribution in [0, 0.1) is 5.92 Å². The molecule has 5 nitrogen and oxygen atoms in total. The summed E-state index contributed by atoms with van der Waals surface area (Å²) in [6.07, 6.45) is 5.21. The molecule has 1 saturated carbocycles. The van der Waals surface area contributed by atoms with E-state index in [2.05, 4.69) is 0 Å². The molecule has 1 amide bonds. The maximum Gasteiger partial charge on any atom is 0.326 e. The third-order valence-corrected chi connectivity index (χ3v) is 5.05. The summed E-state index contributed by atoms with van der Waals surface area (Å²) in [5.41, 5.74) is -0.561. The van der Waals surface area contributed by atoms with E-state index in [-0.39, 0.29) is 35.5 Å². The summed E-state index contributed by atoms with van der Waals surface area (Å²) >= 11 is 1.16. The van der Waals surface area contributed by atoms with E-state index in [0.29, 0.717) is 5.75 Å². The molecule has 1 aliphatic rings. The molecule has 0 heterocycles. The number of esters is 1. The first-order valence-corrected chi connectivity index (χ1v) is 9.74. The van der Waals surface area contributed by atoms with Crippen molar-refractivity contribution in [2.24, 2.45) is 5.92 Å². The molecular formula is C18H31NO4S. The Morgan fingerprint density at radius 2 is 1.75 bits per heavy atom. The Balaban J connectivity index is 2.78. The first-order chi connectivity index (χ1) is 11.1. The SMILES string of the molecule is CC(=O)SCC(C)C(=O)N(CC(=O)OC(C)(C)C)C1CCCCC1. The second-order valence-corrected chi connectivity index (χ2v) is 8.74. The van der Waals surface area contributed by atoms with Crippen molar-refractivity contribution in [3.8, 4) is 0 Å². The molecule has 1 atom stereocenters. The summed E-state index contributed by atoms with van der Waals surface area (Å²) in [4.78, 5) is 37.9. The van der Waals surface area contributed by atoms with E-state index in [1.54, 1.807) is 4.90 Å². The zero-order valence-electron chi connectivity index (χ0n) is 15.6. The highest BCUT2D eigenvalue weighted by Gasteiger charge is 2.31. The molecule has 0 saturated heterocycles. The first kappa shape index (κ1) is 21.0. The fourth-order valence-electron chi connectivity index (χ4n) is 2.89. The van der Waals surface area contributed by atoms with Crippen molar-refractivity contribution in [3.05, 3.63) is 0 Å². The van der Waals surface area contributed by atoms with E-state index in [0.717, 1.165) is 37.4 Å². The molecule has 0 spiro atoms. The first-order valence-electron chi connectivity index (χ1n) is 8.76. The lowest BCUT2D eigenvalue weighted by molar-refractivity contribution is -0.161.